The van der Waals surface area contributed by atoms with Gasteiger partial charge in [-0.15, -0.1) is 11.3 Å². The highest BCUT2D eigenvalue weighted by Gasteiger charge is 2.30. The molecule has 1 N–H and O–H groups in total. The van der Waals surface area contributed by atoms with E-state index in [9.17, 15) is 18.0 Å². The van der Waals surface area contributed by atoms with Crippen LogP contribution in [0, 0.1) is 0 Å². The van der Waals surface area contributed by atoms with Crippen molar-refractivity contribution in [1.82, 2.24) is 4.98 Å². The third-order valence-corrected chi connectivity index (χ3v) is 3.06. The van der Waals surface area contributed by atoms with Crippen molar-refractivity contribution >= 4 is 17.3 Å². The Bertz CT molecular complexity index is 575. The zero-order valence-corrected chi connectivity index (χ0v) is 9.55. The molecular formula is C11H6F3NO2S. The molecule has 0 amide bonds. The first kappa shape index (κ1) is 12.6. The molecule has 94 valence electrons. The van der Waals surface area contributed by atoms with Gasteiger partial charge in [0.1, 0.15) is 4.88 Å². The van der Waals surface area contributed by atoms with E-state index in [0.717, 1.165) is 23.5 Å². The molecule has 0 atom stereocenters. The van der Waals surface area contributed by atoms with Gasteiger partial charge in [-0.2, -0.15) is 13.2 Å². The van der Waals surface area contributed by atoms with Crippen LogP contribution in [0.4, 0.5) is 13.2 Å². The van der Waals surface area contributed by atoms with Gasteiger partial charge >= 0.3 is 12.1 Å². The molecule has 2 rings (SSSR count). The van der Waals surface area contributed by atoms with Crippen molar-refractivity contribution < 1.29 is 23.1 Å². The van der Waals surface area contributed by atoms with Crippen molar-refractivity contribution in [1.29, 1.82) is 0 Å². The second-order valence-electron chi connectivity index (χ2n) is 3.41. The van der Waals surface area contributed by atoms with Crippen LogP contribution >= 0.6 is 11.3 Å². The van der Waals surface area contributed by atoms with Crippen molar-refractivity contribution in [3.05, 3.63) is 40.2 Å². The van der Waals surface area contributed by atoms with Gasteiger partial charge in [-0.05, 0) is 12.1 Å². The SMILES string of the molecule is O=C(O)c1scnc1-c1ccc(C(F)(F)F)cc1. The van der Waals surface area contributed by atoms with E-state index < -0.39 is 17.7 Å². The van der Waals surface area contributed by atoms with E-state index in [4.69, 9.17) is 5.11 Å². The summed E-state index contributed by atoms with van der Waals surface area (Å²) in [5.41, 5.74) is 1.09. The number of thiazole rings is 1. The maximum absolute atomic E-state index is 12.4. The number of carboxylic acid groups (broad SMARTS) is 1. The van der Waals surface area contributed by atoms with Gasteiger partial charge in [0.2, 0.25) is 0 Å². The molecule has 0 unspecified atom stereocenters. The van der Waals surface area contributed by atoms with Crippen LogP contribution in [0.25, 0.3) is 11.3 Å². The lowest BCUT2D eigenvalue weighted by Gasteiger charge is -2.06. The summed E-state index contributed by atoms with van der Waals surface area (Å²) < 4.78 is 37.1. The van der Waals surface area contributed by atoms with Gasteiger partial charge in [0.25, 0.3) is 0 Å². The fraction of sp³-hybridized carbons (Fsp3) is 0.0909. The van der Waals surface area contributed by atoms with Crippen molar-refractivity contribution in [3.8, 4) is 11.3 Å². The van der Waals surface area contributed by atoms with Gasteiger partial charge < -0.3 is 5.11 Å². The van der Waals surface area contributed by atoms with E-state index in [1.807, 2.05) is 0 Å². The van der Waals surface area contributed by atoms with E-state index in [1.165, 1.54) is 17.6 Å². The third-order valence-electron chi connectivity index (χ3n) is 2.25. The fourth-order valence-corrected chi connectivity index (χ4v) is 2.07. The maximum atomic E-state index is 12.4. The molecular weight excluding hydrogens is 267 g/mol. The number of aromatic carboxylic acids is 1. The van der Waals surface area contributed by atoms with Gasteiger partial charge in [-0.3, -0.25) is 0 Å². The van der Waals surface area contributed by atoms with E-state index in [2.05, 4.69) is 4.98 Å². The van der Waals surface area contributed by atoms with Gasteiger partial charge in [0, 0.05) is 5.56 Å². The summed E-state index contributed by atoms with van der Waals surface area (Å²) in [6, 6.07) is 4.23. The Morgan fingerprint density at radius 1 is 1.22 bits per heavy atom. The first-order valence-electron chi connectivity index (χ1n) is 4.74. The Morgan fingerprint density at radius 2 is 1.83 bits per heavy atom. The predicted molar refractivity (Wildman–Crippen MR) is 59.5 cm³/mol. The lowest BCUT2D eigenvalue weighted by atomic mass is 10.1. The second kappa shape index (κ2) is 4.41. The molecule has 2 aromatic rings. The van der Waals surface area contributed by atoms with Crippen LogP contribution in [-0.2, 0) is 6.18 Å². The smallest absolute Gasteiger partial charge is 0.416 e. The third kappa shape index (κ3) is 2.35. The summed E-state index contributed by atoms with van der Waals surface area (Å²) in [7, 11) is 0. The summed E-state index contributed by atoms with van der Waals surface area (Å²) in [6.07, 6.45) is -4.41. The summed E-state index contributed by atoms with van der Waals surface area (Å²) >= 11 is 0.929. The molecule has 0 aliphatic rings. The molecule has 3 nitrogen and oxygen atoms in total. The zero-order chi connectivity index (χ0) is 13.3. The maximum Gasteiger partial charge on any atom is 0.416 e. The molecule has 0 fully saturated rings. The molecule has 0 aliphatic heterocycles. The summed E-state index contributed by atoms with van der Waals surface area (Å²) in [4.78, 5) is 14.7. The minimum atomic E-state index is -4.41. The average molecular weight is 273 g/mol. The van der Waals surface area contributed by atoms with Crippen LogP contribution in [0.2, 0.25) is 0 Å². The monoisotopic (exact) mass is 273 g/mol. The first-order valence-corrected chi connectivity index (χ1v) is 5.62. The molecule has 1 aromatic heterocycles. The summed E-state index contributed by atoms with van der Waals surface area (Å²) in [5, 5.41) is 8.89. The average Bonchev–Trinajstić information content (AvgIpc) is 2.77. The largest absolute Gasteiger partial charge is 0.477 e. The molecule has 0 aliphatic carbocycles. The van der Waals surface area contributed by atoms with E-state index in [-0.39, 0.29) is 10.6 Å². The zero-order valence-electron chi connectivity index (χ0n) is 8.73. The van der Waals surface area contributed by atoms with Gasteiger partial charge in [-0.1, -0.05) is 12.1 Å². The fourth-order valence-electron chi connectivity index (χ4n) is 1.42. The van der Waals surface area contributed by atoms with Crippen LogP contribution in [0.5, 0.6) is 0 Å². The molecule has 1 heterocycles. The summed E-state index contributed by atoms with van der Waals surface area (Å²) in [5.74, 6) is -1.15. The van der Waals surface area contributed by atoms with Crippen molar-refractivity contribution in [3.63, 3.8) is 0 Å². The van der Waals surface area contributed by atoms with E-state index in [1.54, 1.807) is 0 Å². The van der Waals surface area contributed by atoms with Crippen molar-refractivity contribution in [2.75, 3.05) is 0 Å². The molecule has 0 radical (unpaired) electrons. The number of halogens is 3. The lowest BCUT2D eigenvalue weighted by molar-refractivity contribution is -0.137. The molecule has 1 aromatic carbocycles. The van der Waals surface area contributed by atoms with Crippen LogP contribution in [-0.4, -0.2) is 16.1 Å². The molecule has 0 saturated heterocycles. The van der Waals surface area contributed by atoms with Crippen LogP contribution in [0.3, 0.4) is 0 Å². The van der Waals surface area contributed by atoms with E-state index in [0.29, 0.717) is 5.56 Å². The predicted octanol–water partition coefficient (Wildman–Crippen LogP) is 3.53. The number of alkyl halides is 3. The molecule has 0 spiro atoms. The number of carboxylic acids is 1. The number of benzene rings is 1. The quantitative estimate of drug-likeness (QED) is 0.910. The number of rotatable bonds is 2. The van der Waals surface area contributed by atoms with Gasteiger partial charge in [-0.25, -0.2) is 9.78 Å². The van der Waals surface area contributed by atoms with E-state index >= 15 is 0 Å². The summed E-state index contributed by atoms with van der Waals surface area (Å²) in [6.45, 7) is 0. The number of nitrogens with zero attached hydrogens (tertiary/aromatic N) is 1. The Kier molecular flexibility index (Phi) is 3.08. The van der Waals surface area contributed by atoms with Gasteiger partial charge in [0.15, 0.2) is 0 Å². The Labute approximate surface area is 104 Å². The Balaban J connectivity index is 2.41. The highest BCUT2D eigenvalue weighted by molar-refractivity contribution is 7.12. The number of aromatic nitrogens is 1. The van der Waals surface area contributed by atoms with Crippen molar-refractivity contribution in [2.24, 2.45) is 0 Å². The van der Waals surface area contributed by atoms with Crippen LogP contribution < -0.4 is 0 Å². The number of hydrogen-bond acceptors (Lipinski definition) is 3. The van der Waals surface area contributed by atoms with Crippen LogP contribution in [0.1, 0.15) is 15.2 Å². The Morgan fingerprint density at radius 3 is 2.33 bits per heavy atom. The first-order chi connectivity index (χ1) is 8.39. The molecule has 0 bridgehead atoms. The Hall–Kier alpha value is -1.89. The topological polar surface area (TPSA) is 50.2 Å². The second-order valence-corrected chi connectivity index (χ2v) is 4.27. The lowest BCUT2D eigenvalue weighted by Crippen LogP contribution is -2.04. The highest BCUT2D eigenvalue weighted by atomic mass is 32.1. The standard InChI is InChI=1S/C11H6F3NO2S/c12-11(13,14)7-3-1-6(2-4-7)8-9(10(16)17)18-5-15-8/h1-5H,(H,16,17). The van der Waals surface area contributed by atoms with Crippen molar-refractivity contribution in [2.45, 2.75) is 6.18 Å². The number of carbonyl (C=O) groups is 1. The van der Waals surface area contributed by atoms with Gasteiger partial charge in [0.05, 0.1) is 16.8 Å². The molecule has 7 heteroatoms. The minimum Gasteiger partial charge on any atom is -0.477 e. The number of hydrogen-bond donors (Lipinski definition) is 1. The van der Waals surface area contributed by atoms with Crippen LogP contribution in [0.15, 0.2) is 29.8 Å². The molecule has 0 saturated carbocycles. The molecule has 18 heavy (non-hydrogen) atoms. The highest BCUT2D eigenvalue weighted by Crippen LogP contribution is 2.32. The minimum absolute atomic E-state index is 0.00904. The normalized spacial score (nSPS) is 11.5.